The standard InChI is InChI=1S/C12H18Cl2N2OS/c13-11-8-10(12(14)18-11)9-15-2-1-3-16-4-6-17-7-5-16/h8,15H,1-7,9H2. The summed E-state index contributed by atoms with van der Waals surface area (Å²) in [7, 11) is 0. The molecule has 0 spiro atoms. The highest BCUT2D eigenvalue weighted by atomic mass is 35.5. The minimum Gasteiger partial charge on any atom is -0.379 e. The largest absolute Gasteiger partial charge is 0.379 e. The number of hydrogen-bond acceptors (Lipinski definition) is 4. The lowest BCUT2D eigenvalue weighted by Gasteiger charge is -2.26. The zero-order chi connectivity index (χ0) is 12.8. The smallest absolute Gasteiger partial charge is 0.0989 e. The summed E-state index contributed by atoms with van der Waals surface area (Å²) in [6, 6.07) is 1.93. The molecule has 1 saturated heterocycles. The highest BCUT2D eigenvalue weighted by Gasteiger charge is 2.09. The van der Waals surface area contributed by atoms with Gasteiger partial charge in [-0.3, -0.25) is 4.90 Å². The first kappa shape index (κ1) is 14.6. The molecule has 2 rings (SSSR count). The Bertz CT molecular complexity index is 367. The van der Waals surface area contributed by atoms with Gasteiger partial charge in [0.1, 0.15) is 0 Å². The van der Waals surface area contributed by atoms with Crippen molar-refractivity contribution in [2.75, 3.05) is 39.4 Å². The van der Waals surface area contributed by atoms with Crippen LogP contribution in [-0.4, -0.2) is 44.3 Å². The molecular weight excluding hydrogens is 291 g/mol. The van der Waals surface area contributed by atoms with E-state index >= 15 is 0 Å². The molecule has 0 aliphatic carbocycles. The summed E-state index contributed by atoms with van der Waals surface area (Å²) >= 11 is 13.4. The Kier molecular flexibility index (Phi) is 6.21. The molecule has 0 atom stereocenters. The van der Waals surface area contributed by atoms with Crippen LogP contribution < -0.4 is 5.32 Å². The van der Waals surface area contributed by atoms with Crippen molar-refractivity contribution in [3.8, 4) is 0 Å². The normalized spacial score (nSPS) is 17.2. The van der Waals surface area contributed by atoms with Crippen LogP contribution in [0.4, 0.5) is 0 Å². The van der Waals surface area contributed by atoms with Crippen molar-refractivity contribution < 1.29 is 4.74 Å². The predicted molar refractivity (Wildman–Crippen MR) is 77.9 cm³/mol. The maximum atomic E-state index is 6.05. The molecule has 1 N–H and O–H groups in total. The second-order valence-corrected chi connectivity index (χ2v) is 6.62. The molecule has 0 unspecified atom stereocenters. The fourth-order valence-electron chi connectivity index (χ4n) is 1.97. The number of rotatable bonds is 6. The molecule has 1 aliphatic rings. The molecule has 1 aromatic rings. The van der Waals surface area contributed by atoms with Gasteiger partial charge in [0.25, 0.3) is 0 Å². The maximum absolute atomic E-state index is 6.05. The third-order valence-electron chi connectivity index (χ3n) is 2.97. The number of ether oxygens (including phenoxy) is 1. The molecule has 6 heteroatoms. The van der Waals surface area contributed by atoms with Gasteiger partial charge in [0, 0.05) is 19.6 Å². The van der Waals surface area contributed by atoms with Gasteiger partial charge in [0.05, 0.1) is 21.9 Å². The highest BCUT2D eigenvalue weighted by Crippen LogP contribution is 2.30. The van der Waals surface area contributed by atoms with Gasteiger partial charge in [-0.2, -0.15) is 0 Å². The zero-order valence-electron chi connectivity index (χ0n) is 10.3. The first-order valence-electron chi connectivity index (χ1n) is 6.20. The van der Waals surface area contributed by atoms with E-state index in [0.717, 1.165) is 66.6 Å². The minimum atomic E-state index is 0.755. The van der Waals surface area contributed by atoms with E-state index in [1.54, 1.807) is 0 Å². The summed E-state index contributed by atoms with van der Waals surface area (Å²) in [5, 5.41) is 3.40. The maximum Gasteiger partial charge on any atom is 0.0989 e. The van der Waals surface area contributed by atoms with Crippen molar-refractivity contribution in [3.63, 3.8) is 0 Å². The third-order valence-corrected chi connectivity index (χ3v) is 4.54. The van der Waals surface area contributed by atoms with E-state index in [9.17, 15) is 0 Å². The Balaban J connectivity index is 1.57. The third kappa shape index (κ3) is 4.68. The van der Waals surface area contributed by atoms with Crippen LogP contribution in [0.25, 0.3) is 0 Å². The molecule has 18 heavy (non-hydrogen) atoms. The lowest BCUT2D eigenvalue weighted by atomic mass is 10.3. The Hall–Kier alpha value is 0.160. The number of nitrogens with zero attached hydrogens (tertiary/aromatic N) is 1. The molecular formula is C12H18Cl2N2OS. The summed E-state index contributed by atoms with van der Waals surface area (Å²) in [5.41, 5.74) is 1.10. The van der Waals surface area contributed by atoms with E-state index in [1.165, 1.54) is 11.3 Å². The lowest BCUT2D eigenvalue weighted by Crippen LogP contribution is -2.37. The Labute approximate surface area is 122 Å². The summed E-state index contributed by atoms with van der Waals surface area (Å²) < 4.78 is 6.86. The number of hydrogen-bond donors (Lipinski definition) is 1. The molecule has 1 fully saturated rings. The van der Waals surface area contributed by atoms with Crippen LogP contribution in [0, 0.1) is 0 Å². The van der Waals surface area contributed by atoms with Crippen LogP contribution in [0.5, 0.6) is 0 Å². The van der Waals surface area contributed by atoms with Crippen LogP contribution in [0.1, 0.15) is 12.0 Å². The molecule has 1 aromatic heterocycles. The summed E-state index contributed by atoms with van der Waals surface area (Å²) in [5.74, 6) is 0. The Morgan fingerprint density at radius 3 is 2.78 bits per heavy atom. The lowest BCUT2D eigenvalue weighted by molar-refractivity contribution is 0.0374. The molecule has 0 bridgehead atoms. The number of thiophene rings is 1. The van der Waals surface area contributed by atoms with Crippen LogP contribution >= 0.6 is 34.5 Å². The highest BCUT2D eigenvalue weighted by molar-refractivity contribution is 7.20. The topological polar surface area (TPSA) is 24.5 Å². The summed E-state index contributed by atoms with van der Waals surface area (Å²) in [6.45, 7) is 6.80. The van der Waals surface area contributed by atoms with Crippen LogP contribution in [0.15, 0.2) is 6.07 Å². The van der Waals surface area contributed by atoms with Gasteiger partial charge in [0.15, 0.2) is 0 Å². The number of nitrogens with one attached hydrogen (secondary N) is 1. The quantitative estimate of drug-likeness (QED) is 0.818. The van der Waals surface area contributed by atoms with Gasteiger partial charge in [-0.1, -0.05) is 23.2 Å². The van der Waals surface area contributed by atoms with Gasteiger partial charge < -0.3 is 10.1 Å². The molecule has 3 nitrogen and oxygen atoms in total. The molecule has 102 valence electrons. The fraction of sp³-hybridized carbons (Fsp3) is 0.667. The van der Waals surface area contributed by atoms with Crippen molar-refractivity contribution in [2.24, 2.45) is 0 Å². The van der Waals surface area contributed by atoms with E-state index in [0.29, 0.717) is 0 Å². The number of halogens is 2. The van der Waals surface area contributed by atoms with Crippen LogP contribution in [-0.2, 0) is 11.3 Å². The van der Waals surface area contributed by atoms with Crippen molar-refractivity contribution in [2.45, 2.75) is 13.0 Å². The van der Waals surface area contributed by atoms with Gasteiger partial charge in [-0.25, -0.2) is 0 Å². The molecule has 0 saturated carbocycles. The van der Waals surface area contributed by atoms with Crippen molar-refractivity contribution in [1.82, 2.24) is 10.2 Å². The monoisotopic (exact) mass is 308 g/mol. The average Bonchev–Trinajstić information content (AvgIpc) is 2.69. The first-order valence-corrected chi connectivity index (χ1v) is 7.77. The zero-order valence-corrected chi connectivity index (χ0v) is 12.6. The molecule has 0 radical (unpaired) electrons. The van der Waals surface area contributed by atoms with E-state index in [4.69, 9.17) is 27.9 Å². The average molecular weight is 309 g/mol. The van der Waals surface area contributed by atoms with E-state index in [2.05, 4.69) is 10.2 Å². The van der Waals surface area contributed by atoms with Crippen LogP contribution in [0.2, 0.25) is 8.67 Å². The summed E-state index contributed by atoms with van der Waals surface area (Å²) in [4.78, 5) is 2.44. The van der Waals surface area contributed by atoms with Gasteiger partial charge in [0.2, 0.25) is 0 Å². The van der Waals surface area contributed by atoms with Crippen molar-refractivity contribution >= 4 is 34.5 Å². The minimum absolute atomic E-state index is 0.755. The van der Waals surface area contributed by atoms with E-state index in [-0.39, 0.29) is 0 Å². The molecule has 0 amide bonds. The van der Waals surface area contributed by atoms with Gasteiger partial charge in [-0.15, -0.1) is 11.3 Å². The molecule has 2 heterocycles. The fourth-order valence-corrected chi connectivity index (χ4v) is 3.46. The second kappa shape index (κ2) is 7.68. The SMILES string of the molecule is Clc1cc(CNCCCN2CCOCC2)c(Cl)s1. The summed E-state index contributed by atoms with van der Waals surface area (Å²) in [6.07, 6.45) is 1.15. The van der Waals surface area contributed by atoms with Gasteiger partial charge in [-0.05, 0) is 31.1 Å². The number of morpholine rings is 1. The van der Waals surface area contributed by atoms with E-state index in [1.807, 2.05) is 6.07 Å². The van der Waals surface area contributed by atoms with Crippen molar-refractivity contribution in [3.05, 3.63) is 20.3 Å². The van der Waals surface area contributed by atoms with Crippen molar-refractivity contribution in [1.29, 1.82) is 0 Å². The van der Waals surface area contributed by atoms with E-state index < -0.39 is 0 Å². The Morgan fingerprint density at radius 1 is 1.33 bits per heavy atom. The molecule has 0 aromatic carbocycles. The first-order chi connectivity index (χ1) is 8.75. The Morgan fingerprint density at radius 2 is 2.11 bits per heavy atom. The second-order valence-electron chi connectivity index (χ2n) is 4.33. The van der Waals surface area contributed by atoms with Crippen LogP contribution in [0.3, 0.4) is 0 Å². The predicted octanol–water partition coefficient (Wildman–Crippen LogP) is 2.87. The van der Waals surface area contributed by atoms with Gasteiger partial charge >= 0.3 is 0 Å². The molecule has 1 aliphatic heterocycles.